The third kappa shape index (κ3) is 10.9. The molecule has 0 saturated heterocycles. The quantitative estimate of drug-likeness (QED) is 0.168. The molecule has 6 unspecified atom stereocenters. The second kappa shape index (κ2) is 16.7. The second-order valence-corrected chi connectivity index (χ2v) is 9.72. The minimum atomic E-state index is -1.15. The molecule has 3 amide bonds. The fourth-order valence-electron chi connectivity index (χ4n) is 3.81. The van der Waals surface area contributed by atoms with Crippen molar-refractivity contribution in [2.24, 2.45) is 23.3 Å². The molecule has 37 heavy (non-hydrogen) atoms. The SMILES string of the molecule is CCC(C)C(N)C(=O)NC(Cc1ccccc1)C(=O)NC(C(=O)NC(CCCCN)C(=O)O)C(C)CC. The van der Waals surface area contributed by atoms with E-state index in [9.17, 15) is 24.3 Å². The van der Waals surface area contributed by atoms with Crippen molar-refractivity contribution in [1.82, 2.24) is 16.0 Å². The molecule has 0 aliphatic heterocycles. The van der Waals surface area contributed by atoms with E-state index in [1.165, 1.54) is 0 Å². The molecule has 0 bridgehead atoms. The van der Waals surface area contributed by atoms with Gasteiger partial charge in [-0.05, 0) is 43.2 Å². The van der Waals surface area contributed by atoms with Crippen molar-refractivity contribution in [3.05, 3.63) is 35.9 Å². The van der Waals surface area contributed by atoms with E-state index in [-0.39, 0.29) is 24.7 Å². The zero-order valence-electron chi connectivity index (χ0n) is 22.5. The lowest BCUT2D eigenvalue weighted by molar-refractivity contribution is -0.143. The zero-order valence-corrected chi connectivity index (χ0v) is 22.5. The summed E-state index contributed by atoms with van der Waals surface area (Å²) in [4.78, 5) is 51.1. The zero-order chi connectivity index (χ0) is 28.0. The minimum absolute atomic E-state index is 0.0775. The first kappa shape index (κ1) is 32.0. The lowest BCUT2D eigenvalue weighted by Gasteiger charge is -2.28. The van der Waals surface area contributed by atoms with Gasteiger partial charge in [0.15, 0.2) is 0 Å². The molecular formula is C27H45N5O5. The molecule has 6 atom stereocenters. The number of carbonyl (C=O) groups is 4. The number of unbranched alkanes of at least 4 members (excludes halogenated alkanes) is 1. The molecule has 1 rings (SSSR count). The molecule has 0 radical (unpaired) electrons. The monoisotopic (exact) mass is 519 g/mol. The molecule has 0 heterocycles. The molecule has 0 spiro atoms. The van der Waals surface area contributed by atoms with E-state index < -0.39 is 47.9 Å². The predicted octanol–water partition coefficient (Wildman–Crippen LogP) is 1.32. The van der Waals surface area contributed by atoms with Crippen molar-refractivity contribution in [3.8, 4) is 0 Å². The molecule has 0 fully saturated rings. The van der Waals surface area contributed by atoms with E-state index in [2.05, 4.69) is 16.0 Å². The summed E-state index contributed by atoms with van der Waals surface area (Å²) >= 11 is 0. The Morgan fingerprint density at radius 2 is 1.43 bits per heavy atom. The van der Waals surface area contributed by atoms with Gasteiger partial charge in [-0.3, -0.25) is 14.4 Å². The van der Waals surface area contributed by atoms with Crippen LogP contribution >= 0.6 is 0 Å². The van der Waals surface area contributed by atoms with E-state index in [0.717, 1.165) is 5.56 Å². The van der Waals surface area contributed by atoms with Gasteiger partial charge < -0.3 is 32.5 Å². The fraction of sp³-hybridized carbons (Fsp3) is 0.630. The summed E-state index contributed by atoms with van der Waals surface area (Å²) < 4.78 is 0. The number of amides is 3. The van der Waals surface area contributed by atoms with Gasteiger partial charge in [-0.2, -0.15) is 0 Å². The lowest BCUT2D eigenvalue weighted by Crippen LogP contribution is -2.59. The molecule has 0 aliphatic carbocycles. The van der Waals surface area contributed by atoms with E-state index in [1.807, 2.05) is 51.1 Å². The van der Waals surface area contributed by atoms with Gasteiger partial charge in [0.2, 0.25) is 17.7 Å². The highest BCUT2D eigenvalue weighted by Gasteiger charge is 2.33. The molecule has 1 aromatic carbocycles. The Labute approximate surface area is 220 Å². The lowest BCUT2D eigenvalue weighted by atomic mass is 9.96. The van der Waals surface area contributed by atoms with Crippen molar-refractivity contribution in [1.29, 1.82) is 0 Å². The van der Waals surface area contributed by atoms with Crippen molar-refractivity contribution >= 4 is 23.7 Å². The third-order valence-corrected chi connectivity index (χ3v) is 6.83. The summed E-state index contributed by atoms with van der Waals surface area (Å²) in [7, 11) is 0. The number of carboxylic acid groups (broad SMARTS) is 1. The molecule has 208 valence electrons. The Morgan fingerprint density at radius 1 is 0.838 bits per heavy atom. The van der Waals surface area contributed by atoms with Gasteiger partial charge in [-0.1, -0.05) is 70.9 Å². The van der Waals surface area contributed by atoms with Crippen molar-refractivity contribution in [2.45, 2.75) is 90.4 Å². The summed E-state index contributed by atoms with van der Waals surface area (Å²) in [5.74, 6) is -3.06. The van der Waals surface area contributed by atoms with Crippen molar-refractivity contribution < 1.29 is 24.3 Å². The molecule has 10 heteroatoms. The van der Waals surface area contributed by atoms with Crippen LogP contribution in [0.5, 0.6) is 0 Å². The van der Waals surface area contributed by atoms with Gasteiger partial charge in [0, 0.05) is 6.42 Å². The smallest absolute Gasteiger partial charge is 0.326 e. The number of carboxylic acids is 1. The van der Waals surface area contributed by atoms with Gasteiger partial charge in [0.1, 0.15) is 18.1 Å². The Bertz CT molecular complexity index is 866. The Morgan fingerprint density at radius 3 is 1.97 bits per heavy atom. The average molecular weight is 520 g/mol. The summed E-state index contributed by atoms with van der Waals surface area (Å²) in [5, 5.41) is 17.7. The van der Waals surface area contributed by atoms with E-state index in [0.29, 0.717) is 32.2 Å². The molecule has 0 saturated carbocycles. The third-order valence-electron chi connectivity index (χ3n) is 6.83. The molecular weight excluding hydrogens is 474 g/mol. The highest BCUT2D eigenvalue weighted by atomic mass is 16.4. The van der Waals surface area contributed by atoms with Crippen LogP contribution in [0.4, 0.5) is 0 Å². The number of benzene rings is 1. The number of carbonyl (C=O) groups excluding carboxylic acids is 3. The summed E-state index contributed by atoms with van der Waals surface area (Å²) in [6, 6.07) is 5.40. The topological polar surface area (TPSA) is 177 Å². The number of rotatable bonds is 17. The van der Waals surface area contributed by atoms with Crippen LogP contribution in [0.2, 0.25) is 0 Å². The summed E-state index contributed by atoms with van der Waals surface area (Å²) in [5.41, 5.74) is 12.4. The first-order chi connectivity index (χ1) is 17.5. The Balaban J connectivity index is 3.11. The van der Waals surface area contributed by atoms with Crippen LogP contribution in [0.3, 0.4) is 0 Å². The first-order valence-corrected chi connectivity index (χ1v) is 13.2. The summed E-state index contributed by atoms with van der Waals surface area (Å²) in [6.45, 7) is 7.91. The molecule has 0 aromatic heterocycles. The minimum Gasteiger partial charge on any atom is -0.480 e. The second-order valence-electron chi connectivity index (χ2n) is 9.72. The van der Waals surface area contributed by atoms with Crippen molar-refractivity contribution in [2.75, 3.05) is 6.54 Å². The van der Waals surface area contributed by atoms with Gasteiger partial charge in [-0.25, -0.2) is 4.79 Å². The van der Waals surface area contributed by atoms with Gasteiger partial charge in [-0.15, -0.1) is 0 Å². The fourth-order valence-corrected chi connectivity index (χ4v) is 3.81. The maximum Gasteiger partial charge on any atom is 0.326 e. The van der Waals surface area contributed by atoms with E-state index >= 15 is 0 Å². The normalized spacial score (nSPS) is 15.9. The van der Waals surface area contributed by atoms with Crippen LogP contribution in [0, 0.1) is 11.8 Å². The standard InChI is InChI=1S/C27H45N5O5/c1-5-17(3)22(29)25(34)31-21(16-19-12-8-7-9-13-19)24(33)32-23(18(4)6-2)26(35)30-20(27(36)37)14-10-11-15-28/h7-9,12-13,17-18,20-23H,5-6,10-11,14-16,28-29H2,1-4H3,(H,30,35)(H,31,34)(H,32,33)(H,36,37). The predicted molar refractivity (Wildman–Crippen MR) is 143 cm³/mol. The van der Waals surface area contributed by atoms with Gasteiger partial charge in [0.05, 0.1) is 6.04 Å². The van der Waals surface area contributed by atoms with Gasteiger partial charge >= 0.3 is 5.97 Å². The van der Waals surface area contributed by atoms with Crippen LogP contribution in [0.25, 0.3) is 0 Å². The average Bonchev–Trinajstić information content (AvgIpc) is 2.89. The maximum absolute atomic E-state index is 13.4. The van der Waals surface area contributed by atoms with Gasteiger partial charge in [0.25, 0.3) is 0 Å². The summed E-state index contributed by atoms with van der Waals surface area (Å²) in [6.07, 6.45) is 2.91. The highest BCUT2D eigenvalue weighted by molar-refractivity contribution is 5.94. The number of hydrogen-bond acceptors (Lipinski definition) is 6. The number of aliphatic carboxylic acids is 1. The Kier molecular flexibility index (Phi) is 14.5. The van der Waals surface area contributed by atoms with E-state index in [4.69, 9.17) is 11.5 Å². The highest BCUT2D eigenvalue weighted by Crippen LogP contribution is 2.12. The Hall–Kier alpha value is -2.98. The van der Waals surface area contributed by atoms with Crippen LogP contribution < -0.4 is 27.4 Å². The number of nitrogens with two attached hydrogens (primary N) is 2. The number of nitrogens with one attached hydrogen (secondary N) is 3. The van der Waals surface area contributed by atoms with Crippen molar-refractivity contribution in [3.63, 3.8) is 0 Å². The van der Waals surface area contributed by atoms with Crippen LogP contribution in [-0.4, -0.2) is 59.5 Å². The molecule has 8 N–H and O–H groups in total. The number of hydrogen-bond donors (Lipinski definition) is 6. The molecule has 10 nitrogen and oxygen atoms in total. The van der Waals surface area contributed by atoms with E-state index in [1.54, 1.807) is 6.92 Å². The van der Waals surface area contributed by atoms with Crippen LogP contribution in [-0.2, 0) is 25.6 Å². The van der Waals surface area contributed by atoms with Crippen LogP contribution in [0.15, 0.2) is 30.3 Å². The maximum atomic E-state index is 13.4. The molecule has 0 aliphatic rings. The largest absolute Gasteiger partial charge is 0.480 e. The molecule has 1 aromatic rings. The first-order valence-electron chi connectivity index (χ1n) is 13.2. The van der Waals surface area contributed by atoms with Crippen LogP contribution in [0.1, 0.15) is 65.4 Å².